The van der Waals surface area contributed by atoms with Crippen LogP contribution in [0.1, 0.15) is 5.56 Å². The standard InChI is InChI=1S/C20H10Cl3N3O4/c21-11-1-4-18-16(6-11)25-20(30-18)14-8-13(2-3-15(14)23)24-9-10-5-12(22)7-17(19(10)27)26(28)29/h1-9,27H/p-1. The highest BCUT2D eigenvalue weighted by Crippen LogP contribution is 2.34. The highest BCUT2D eigenvalue weighted by molar-refractivity contribution is 6.33. The lowest BCUT2D eigenvalue weighted by atomic mass is 10.1. The van der Waals surface area contributed by atoms with Crippen molar-refractivity contribution in [1.29, 1.82) is 0 Å². The Morgan fingerprint density at radius 3 is 2.60 bits per heavy atom. The van der Waals surface area contributed by atoms with Crippen LogP contribution in [0.3, 0.4) is 0 Å². The maximum absolute atomic E-state index is 12.2. The highest BCUT2D eigenvalue weighted by Gasteiger charge is 2.14. The molecule has 0 radical (unpaired) electrons. The number of nitro groups is 1. The van der Waals surface area contributed by atoms with Gasteiger partial charge < -0.3 is 9.52 Å². The summed E-state index contributed by atoms with van der Waals surface area (Å²) in [5, 5.41) is 24.2. The molecule has 4 aromatic rings. The third-order valence-corrected chi connectivity index (χ3v) is 4.93. The summed E-state index contributed by atoms with van der Waals surface area (Å²) in [4.78, 5) is 18.8. The fraction of sp³-hybridized carbons (Fsp3) is 0. The topological polar surface area (TPSA) is 105 Å². The number of aromatic nitrogens is 1. The predicted molar refractivity (Wildman–Crippen MR) is 114 cm³/mol. The average Bonchev–Trinajstić information content (AvgIpc) is 3.12. The maximum atomic E-state index is 12.2. The molecule has 1 aromatic heterocycles. The molecular weight excluding hydrogens is 453 g/mol. The first-order valence-electron chi connectivity index (χ1n) is 8.37. The first kappa shape index (κ1) is 20.2. The summed E-state index contributed by atoms with van der Waals surface area (Å²) in [5.74, 6) is -0.504. The van der Waals surface area contributed by atoms with Gasteiger partial charge in [0.05, 0.1) is 21.2 Å². The fourth-order valence-electron chi connectivity index (χ4n) is 2.75. The van der Waals surface area contributed by atoms with Gasteiger partial charge in [-0.05, 0) is 53.8 Å². The van der Waals surface area contributed by atoms with Crippen LogP contribution in [0, 0.1) is 10.1 Å². The number of aliphatic imine (C=N–C) groups is 1. The highest BCUT2D eigenvalue weighted by atomic mass is 35.5. The second-order valence-electron chi connectivity index (χ2n) is 6.15. The lowest BCUT2D eigenvalue weighted by Gasteiger charge is -2.10. The minimum absolute atomic E-state index is 0.0118. The molecule has 0 saturated carbocycles. The van der Waals surface area contributed by atoms with E-state index < -0.39 is 16.4 Å². The summed E-state index contributed by atoms with van der Waals surface area (Å²) in [6, 6.07) is 12.2. The van der Waals surface area contributed by atoms with E-state index in [0.29, 0.717) is 32.4 Å². The second kappa shape index (κ2) is 7.95. The van der Waals surface area contributed by atoms with Gasteiger partial charge in [0, 0.05) is 22.3 Å². The van der Waals surface area contributed by atoms with E-state index in [9.17, 15) is 15.2 Å². The number of fused-ring (bicyclic) bond motifs is 1. The van der Waals surface area contributed by atoms with Crippen LogP contribution >= 0.6 is 34.8 Å². The van der Waals surface area contributed by atoms with Crippen molar-refractivity contribution in [1.82, 2.24) is 4.98 Å². The predicted octanol–water partition coefficient (Wildman–Crippen LogP) is 6.19. The Bertz CT molecular complexity index is 1330. The zero-order valence-corrected chi connectivity index (χ0v) is 17.1. The molecule has 0 saturated heterocycles. The van der Waals surface area contributed by atoms with E-state index in [1.807, 2.05) is 0 Å². The van der Waals surface area contributed by atoms with Crippen LogP contribution in [-0.4, -0.2) is 16.1 Å². The van der Waals surface area contributed by atoms with Gasteiger partial charge in [-0.15, -0.1) is 0 Å². The van der Waals surface area contributed by atoms with Crippen molar-refractivity contribution >= 4 is 63.5 Å². The average molecular weight is 462 g/mol. The molecule has 0 N–H and O–H groups in total. The summed E-state index contributed by atoms with van der Waals surface area (Å²) >= 11 is 18.1. The van der Waals surface area contributed by atoms with Gasteiger partial charge in [0.2, 0.25) is 5.89 Å². The van der Waals surface area contributed by atoms with Crippen LogP contribution in [0.15, 0.2) is 57.9 Å². The first-order chi connectivity index (χ1) is 14.3. The zero-order chi connectivity index (χ0) is 21.4. The Kier molecular flexibility index (Phi) is 5.34. The van der Waals surface area contributed by atoms with Crippen LogP contribution in [-0.2, 0) is 0 Å². The van der Waals surface area contributed by atoms with E-state index >= 15 is 0 Å². The molecule has 0 amide bonds. The van der Waals surface area contributed by atoms with Gasteiger partial charge >= 0.3 is 0 Å². The lowest BCUT2D eigenvalue weighted by Crippen LogP contribution is -2.02. The van der Waals surface area contributed by atoms with E-state index in [2.05, 4.69) is 9.98 Å². The fourth-order valence-corrected chi connectivity index (χ4v) is 3.33. The number of oxazole rings is 1. The summed E-state index contributed by atoms with van der Waals surface area (Å²) in [5.41, 5.74) is 1.40. The largest absolute Gasteiger partial charge is 0.867 e. The Labute approximate surface area is 184 Å². The van der Waals surface area contributed by atoms with E-state index in [4.69, 9.17) is 39.2 Å². The number of nitrogens with zero attached hydrogens (tertiary/aromatic N) is 3. The number of hydrogen-bond acceptors (Lipinski definition) is 6. The Balaban J connectivity index is 1.72. The molecule has 0 bridgehead atoms. The Hall–Kier alpha value is -3.13. The third-order valence-electron chi connectivity index (χ3n) is 4.14. The first-order valence-corrected chi connectivity index (χ1v) is 9.50. The van der Waals surface area contributed by atoms with Crippen molar-refractivity contribution in [2.75, 3.05) is 0 Å². The minimum Gasteiger partial charge on any atom is -0.867 e. The van der Waals surface area contributed by atoms with Gasteiger partial charge in [-0.2, -0.15) is 0 Å². The maximum Gasteiger partial charge on any atom is 0.263 e. The summed E-state index contributed by atoms with van der Waals surface area (Å²) in [6.07, 6.45) is 1.21. The van der Waals surface area contributed by atoms with Crippen molar-refractivity contribution in [3.05, 3.63) is 79.3 Å². The van der Waals surface area contributed by atoms with Gasteiger partial charge in [0.15, 0.2) is 5.58 Å². The molecule has 10 heteroatoms. The third kappa shape index (κ3) is 3.95. The van der Waals surface area contributed by atoms with Crippen LogP contribution in [0.2, 0.25) is 15.1 Å². The normalized spacial score (nSPS) is 11.4. The van der Waals surface area contributed by atoms with Crippen molar-refractivity contribution in [2.45, 2.75) is 0 Å². The molecular formula is C20H9Cl3N3O4-. The molecule has 30 heavy (non-hydrogen) atoms. The summed E-state index contributed by atoms with van der Waals surface area (Å²) in [7, 11) is 0. The van der Waals surface area contributed by atoms with Crippen molar-refractivity contribution in [3.8, 4) is 17.2 Å². The zero-order valence-electron chi connectivity index (χ0n) is 14.8. The molecule has 0 spiro atoms. The molecule has 1 heterocycles. The van der Waals surface area contributed by atoms with E-state index in [-0.39, 0.29) is 16.5 Å². The molecule has 150 valence electrons. The van der Waals surface area contributed by atoms with Crippen LogP contribution in [0.5, 0.6) is 5.75 Å². The molecule has 0 aliphatic heterocycles. The monoisotopic (exact) mass is 460 g/mol. The second-order valence-corrected chi connectivity index (χ2v) is 7.43. The molecule has 0 aliphatic rings. The van der Waals surface area contributed by atoms with E-state index in [0.717, 1.165) is 6.07 Å². The molecule has 0 atom stereocenters. The van der Waals surface area contributed by atoms with Gasteiger partial charge in [0.1, 0.15) is 5.52 Å². The number of rotatable bonds is 4. The van der Waals surface area contributed by atoms with Gasteiger partial charge in [-0.25, -0.2) is 4.98 Å². The van der Waals surface area contributed by atoms with E-state index in [1.54, 1.807) is 36.4 Å². The van der Waals surface area contributed by atoms with Crippen molar-refractivity contribution < 1.29 is 14.4 Å². The van der Waals surface area contributed by atoms with Crippen molar-refractivity contribution in [2.24, 2.45) is 4.99 Å². The lowest BCUT2D eigenvalue weighted by molar-refractivity contribution is -0.398. The molecule has 0 unspecified atom stereocenters. The molecule has 0 fully saturated rings. The van der Waals surface area contributed by atoms with Crippen LogP contribution in [0.4, 0.5) is 11.4 Å². The number of benzene rings is 3. The number of nitro benzene ring substituents is 1. The van der Waals surface area contributed by atoms with Gasteiger partial charge in [0.25, 0.3) is 5.69 Å². The Morgan fingerprint density at radius 1 is 1.03 bits per heavy atom. The van der Waals surface area contributed by atoms with Crippen LogP contribution in [0.25, 0.3) is 22.6 Å². The smallest absolute Gasteiger partial charge is 0.263 e. The molecule has 7 nitrogen and oxygen atoms in total. The quantitative estimate of drug-likeness (QED) is 0.205. The minimum atomic E-state index is -0.786. The van der Waals surface area contributed by atoms with Crippen LogP contribution < -0.4 is 5.11 Å². The molecule has 4 rings (SSSR count). The van der Waals surface area contributed by atoms with Crippen molar-refractivity contribution in [3.63, 3.8) is 0 Å². The van der Waals surface area contributed by atoms with Gasteiger partial charge in [-0.1, -0.05) is 34.8 Å². The molecule has 3 aromatic carbocycles. The van der Waals surface area contributed by atoms with E-state index in [1.165, 1.54) is 12.3 Å². The molecule has 0 aliphatic carbocycles. The number of halogens is 3. The summed E-state index contributed by atoms with van der Waals surface area (Å²) in [6.45, 7) is 0. The number of hydrogen-bond donors (Lipinski definition) is 0. The Morgan fingerprint density at radius 2 is 1.83 bits per heavy atom. The summed E-state index contributed by atoms with van der Waals surface area (Å²) < 4.78 is 5.74. The SMILES string of the molecule is O=[N+]([O-])c1cc(Cl)cc(C=Nc2ccc(Cl)c(-c3nc4cc(Cl)ccc4o3)c2)c1[O-]. The van der Waals surface area contributed by atoms with Gasteiger partial charge in [-0.3, -0.25) is 15.1 Å².